The van der Waals surface area contributed by atoms with Crippen LogP contribution in [0, 0.1) is 0 Å². The normalized spacial score (nSPS) is 11.9. The van der Waals surface area contributed by atoms with E-state index in [9.17, 15) is 0 Å². The quantitative estimate of drug-likeness (QED) is 0.266. The zero-order valence-corrected chi connectivity index (χ0v) is 20.6. The van der Waals surface area contributed by atoms with E-state index in [0.717, 1.165) is 51.2 Å². The van der Waals surface area contributed by atoms with Crippen LogP contribution < -0.4 is 11.1 Å². The minimum atomic E-state index is -0.0841. The number of anilines is 1. The molecule has 186 valence electrons. The van der Waals surface area contributed by atoms with Gasteiger partial charge < -0.3 is 11.1 Å². The largest absolute Gasteiger partial charge is 0.368 e. The lowest BCUT2D eigenvalue weighted by Gasteiger charge is -2.16. The zero-order chi connectivity index (χ0) is 25.7. The Morgan fingerprint density at radius 1 is 0.789 bits per heavy atom. The summed E-state index contributed by atoms with van der Waals surface area (Å²) in [4.78, 5) is 18.8. The van der Waals surface area contributed by atoms with E-state index in [1.807, 2.05) is 60.7 Å². The lowest BCUT2D eigenvalue weighted by molar-refractivity contribution is 0.698. The first-order chi connectivity index (χ1) is 18.7. The van der Waals surface area contributed by atoms with Gasteiger partial charge in [0.1, 0.15) is 11.3 Å². The molecule has 4 heterocycles. The molecule has 0 aliphatic carbocycles. The Morgan fingerprint density at radius 2 is 1.63 bits per heavy atom. The van der Waals surface area contributed by atoms with Crippen LogP contribution in [-0.4, -0.2) is 42.7 Å². The van der Waals surface area contributed by atoms with E-state index in [2.05, 4.69) is 38.7 Å². The van der Waals surface area contributed by atoms with Gasteiger partial charge in [0.15, 0.2) is 5.82 Å². The van der Waals surface area contributed by atoms with E-state index in [0.29, 0.717) is 12.4 Å². The van der Waals surface area contributed by atoms with Gasteiger partial charge >= 0.3 is 0 Å². The third-order valence-electron chi connectivity index (χ3n) is 6.37. The number of H-pyrrole nitrogens is 1. The number of hydrogen-bond acceptors (Lipinski definition) is 7. The molecule has 0 saturated heterocycles. The maximum absolute atomic E-state index is 6.50. The highest BCUT2D eigenvalue weighted by molar-refractivity contribution is 5.98. The van der Waals surface area contributed by atoms with Crippen molar-refractivity contribution in [3.8, 4) is 33.9 Å². The van der Waals surface area contributed by atoms with E-state index in [1.54, 1.807) is 24.8 Å². The Bertz CT molecular complexity index is 1650. The second kappa shape index (κ2) is 10.6. The molecule has 0 aliphatic heterocycles. The molecule has 0 spiro atoms. The summed E-state index contributed by atoms with van der Waals surface area (Å²) in [6, 6.07) is 26.1. The van der Waals surface area contributed by atoms with Gasteiger partial charge in [0.2, 0.25) is 0 Å². The van der Waals surface area contributed by atoms with Crippen molar-refractivity contribution in [3.05, 3.63) is 109 Å². The average Bonchev–Trinajstić information content (AvgIpc) is 3.52. The molecule has 6 rings (SSSR count). The molecule has 0 bridgehead atoms. The van der Waals surface area contributed by atoms with Crippen molar-refractivity contribution in [3.63, 3.8) is 0 Å². The molecular formula is C30H26N8. The third-order valence-corrected chi connectivity index (χ3v) is 6.37. The highest BCUT2D eigenvalue weighted by atomic mass is 15.1. The molecule has 0 radical (unpaired) electrons. The number of benzene rings is 2. The summed E-state index contributed by atoms with van der Waals surface area (Å²) in [5, 5.41) is 11.5. The van der Waals surface area contributed by atoms with Crippen LogP contribution in [0.3, 0.4) is 0 Å². The topological polar surface area (TPSA) is 118 Å². The molecule has 8 heteroatoms. The molecule has 4 N–H and O–H groups in total. The molecule has 0 saturated carbocycles. The lowest BCUT2D eigenvalue weighted by Crippen LogP contribution is -2.31. The van der Waals surface area contributed by atoms with E-state index in [4.69, 9.17) is 20.7 Å². The monoisotopic (exact) mass is 498 g/mol. The standard InChI is InChI=1S/C30H26N8/c31-24(17-20-5-2-1-3-6-20)19-34-30-25-11-15-33-27(23-8-4-7-22(18-23)26-12-16-35-38-26)28(25)36-29(37-30)21-9-13-32-14-10-21/h1-16,18,24H,17,19,31H2,(H,35,38)(H,34,36,37)/t24-/m1/s1. The second-order valence-electron chi connectivity index (χ2n) is 9.07. The fraction of sp³-hybridized carbons (Fsp3) is 0.100. The van der Waals surface area contributed by atoms with Crippen molar-refractivity contribution < 1.29 is 0 Å². The van der Waals surface area contributed by atoms with E-state index in [1.165, 1.54) is 5.56 Å². The summed E-state index contributed by atoms with van der Waals surface area (Å²) >= 11 is 0. The van der Waals surface area contributed by atoms with Gasteiger partial charge in [-0.15, -0.1) is 0 Å². The molecule has 0 aliphatic rings. The number of aromatic nitrogens is 6. The molecule has 6 aromatic rings. The van der Waals surface area contributed by atoms with Crippen LogP contribution in [0.15, 0.2) is 104 Å². The first kappa shape index (κ1) is 23.4. The number of rotatable bonds is 8. The predicted octanol–water partition coefficient (Wildman–Crippen LogP) is 5.13. The molecule has 2 aromatic carbocycles. The third kappa shape index (κ3) is 4.98. The van der Waals surface area contributed by atoms with Gasteiger partial charge in [-0.2, -0.15) is 5.10 Å². The van der Waals surface area contributed by atoms with E-state index < -0.39 is 0 Å². The molecule has 0 fully saturated rings. The number of aromatic amines is 1. The number of nitrogens with one attached hydrogen (secondary N) is 2. The van der Waals surface area contributed by atoms with Gasteiger partial charge in [-0.25, -0.2) is 9.97 Å². The average molecular weight is 499 g/mol. The van der Waals surface area contributed by atoms with Crippen molar-refractivity contribution in [1.82, 2.24) is 30.1 Å². The number of fused-ring (bicyclic) bond motifs is 1. The minimum absolute atomic E-state index is 0.0841. The van der Waals surface area contributed by atoms with Crippen LogP contribution in [0.1, 0.15) is 5.56 Å². The van der Waals surface area contributed by atoms with Crippen LogP contribution in [0.25, 0.3) is 44.8 Å². The van der Waals surface area contributed by atoms with E-state index >= 15 is 0 Å². The van der Waals surface area contributed by atoms with Crippen molar-refractivity contribution in [2.75, 3.05) is 11.9 Å². The number of hydrogen-bond donors (Lipinski definition) is 3. The first-order valence-corrected chi connectivity index (χ1v) is 12.5. The molecular weight excluding hydrogens is 472 g/mol. The van der Waals surface area contributed by atoms with E-state index in [-0.39, 0.29) is 6.04 Å². The predicted molar refractivity (Wildman–Crippen MR) is 150 cm³/mol. The molecule has 1 atom stereocenters. The Hall–Kier alpha value is -4.95. The maximum atomic E-state index is 6.50. The number of nitrogens with zero attached hydrogens (tertiary/aromatic N) is 5. The highest BCUT2D eigenvalue weighted by Gasteiger charge is 2.16. The Balaban J connectivity index is 1.41. The molecule has 0 unspecified atom stereocenters. The molecule has 0 amide bonds. The van der Waals surface area contributed by atoms with Gasteiger partial charge in [-0.3, -0.25) is 15.1 Å². The molecule has 38 heavy (non-hydrogen) atoms. The number of nitrogens with two attached hydrogens (primary N) is 1. The van der Waals surface area contributed by atoms with Crippen LogP contribution in [0.2, 0.25) is 0 Å². The van der Waals surface area contributed by atoms with Gasteiger partial charge in [0.25, 0.3) is 0 Å². The minimum Gasteiger partial charge on any atom is -0.368 e. The van der Waals surface area contributed by atoms with Gasteiger partial charge in [-0.05, 0) is 42.3 Å². The first-order valence-electron chi connectivity index (χ1n) is 12.5. The van der Waals surface area contributed by atoms with Crippen LogP contribution in [0.4, 0.5) is 5.82 Å². The Kier molecular flexibility index (Phi) is 6.53. The summed E-state index contributed by atoms with van der Waals surface area (Å²) < 4.78 is 0. The van der Waals surface area contributed by atoms with Crippen molar-refractivity contribution >= 4 is 16.7 Å². The summed E-state index contributed by atoms with van der Waals surface area (Å²) in [6.45, 7) is 0.559. The molecule has 4 aromatic heterocycles. The SMILES string of the molecule is N[C@@H](CNc1nc(-c2ccncc2)nc2c(-c3cccc(-c4ccn[nH]4)c3)nccc12)Cc1ccccc1. The van der Waals surface area contributed by atoms with Crippen LogP contribution in [-0.2, 0) is 6.42 Å². The van der Waals surface area contributed by atoms with Crippen LogP contribution in [0.5, 0.6) is 0 Å². The second-order valence-corrected chi connectivity index (χ2v) is 9.07. The van der Waals surface area contributed by atoms with Crippen molar-refractivity contribution in [1.29, 1.82) is 0 Å². The summed E-state index contributed by atoms with van der Waals surface area (Å²) in [6.07, 6.45) is 7.78. The lowest BCUT2D eigenvalue weighted by atomic mass is 10.0. The van der Waals surface area contributed by atoms with Gasteiger partial charge in [-0.1, -0.05) is 48.5 Å². The summed E-state index contributed by atoms with van der Waals surface area (Å²) in [5.74, 6) is 1.32. The fourth-order valence-electron chi connectivity index (χ4n) is 4.50. The number of pyridine rings is 2. The van der Waals surface area contributed by atoms with Gasteiger partial charge in [0.05, 0.1) is 11.4 Å². The zero-order valence-electron chi connectivity index (χ0n) is 20.6. The van der Waals surface area contributed by atoms with Gasteiger partial charge in [0, 0.05) is 59.5 Å². The molecule has 8 nitrogen and oxygen atoms in total. The smallest absolute Gasteiger partial charge is 0.162 e. The van der Waals surface area contributed by atoms with Crippen molar-refractivity contribution in [2.24, 2.45) is 5.73 Å². The van der Waals surface area contributed by atoms with Crippen LogP contribution >= 0.6 is 0 Å². The highest BCUT2D eigenvalue weighted by Crippen LogP contribution is 2.32. The summed E-state index contributed by atoms with van der Waals surface area (Å²) in [5.41, 5.74) is 13.0. The van der Waals surface area contributed by atoms with Crippen molar-refractivity contribution in [2.45, 2.75) is 12.5 Å². The summed E-state index contributed by atoms with van der Waals surface area (Å²) in [7, 11) is 0. The fourth-order valence-corrected chi connectivity index (χ4v) is 4.50. The maximum Gasteiger partial charge on any atom is 0.162 e. The Labute approximate surface area is 220 Å². The Morgan fingerprint density at radius 3 is 2.45 bits per heavy atom.